The van der Waals surface area contributed by atoms with Gasteiger partial charge in [-0.1, -0.05) is 13.3 Å². The van der Waals surface area contributed by atoms with Gasteiger partial charge in [-0.3, -0.25) is 0 Å². The highest BCUT2D eigenvalue weighted by Gasteiger charge is 2.22. The SMILES string of the molecule is CCCCc1nc2c(N)nc3c(c2n1CCCCc1ccsc1S(N)(=O)=O)CCCC3. The first-order chi connectivity index (χ1) is 14.9. The lowest BCUT2D eigenvalue weighted by molar-refractivity contribution is 0.581. The molecule has 7 nitrogen and oxygen atoms in total. The smallest absolute Gasteiger partial charge is 0.247 e. The Hall–Kier alpha value is -1.97. The Balaban J connectivity index is 1.59. The second-order valence-corrected chi connectivity index (χ2v) is 11.0. The summed E-state index contributed by atoms with van der Waals surface area (Å²) in [7, 11) is -3.65. The number of aryl methyl sites for hydroxylation is 5. The molecule has 31 heavy (non-hydrogen) atoms. The van der Waals surface area contributed by atoms with Crippen molar-refractivity contribution >= 4 is 38.2 Å². The minimum Gasteiger partial charge on any atom is -0.382 e. The first-order valence-electron chi connectivity index (χ1n) is 11.2. The van der Waals surface area contributed by atoms with Crippen LogP contribution in [0.1, 0.15) is 68.1 Å². The fourth-order valence-corrected chi connectivity index (χ4v) is 6.47. The molecule has 4 rings (SSSR count). The maximum atomic E-state index is 11.8. The number of nitrogen functional groups attached to an aromatic ring is 1. The fraction of sp³-hybridized carbons (Fsp3) is 0.545. The quantitative estimate of drug-likeness (QED) is 0.468. The van der Waals surface area contributed by atoms with E-state index in [0.717, 1.165) is 80.5 Å². The van der Waals surface area contributed by atoms with Crippen molar-refractivity contribution in [1.82, 2.24) is 14.5 Å². The van der Waals surface area contributed by atoms with E-state index in [1.54, 1.807) is 5.38 Å². The summed E-state index contributed by atoms with van der Waals surface area (Å²) < 4.78 is 26.2. The van der Waals surface area contributed by atoms with Gasteiger partial charge in [0.25, 0.3) is 0 Å². The molecule has 168 valence electrons. The van der Waals surface area contributed by atoms with Gasteiger partial charge in [0.1, 0.15) is 15.6 Å². The number of rotatable bonds is 9. The van der Waals surface area contributed by atoms with Crippen molar-refractivity contribution in [2.24, 2.45) is 5.14 Å². The third-order valence-corrected chi connectivity index (χ3v) is 8.58. The normalized spacial score (nSPS) is 14.3. The maximum Gasteiger partial charge on any atom is 0.247 e. The van der Waals surface area contributed by atoms with Crippen LogP contribution in [-0.4, -0.2) is 23.0 Å². The van der Waals surface area contributed by atoms with Crippen LogP contribution in [0, 0.1) is 0 Å². The molecule has 0 bridgehead atoms. The molecule has 0 spiro atoms. The summed E-state index contributed by atoms with van der Waals surface area (Å²) >= 11 is 1.19. The Morgan fingerprint density at radius 3 is 2.71 bits per heavy atom. The van der Waals surface area contributed by atoms with Gasteiger partial charge in [0.15, 0.2) is 5.82 Å². The van der Waals surface area contributed by atoms with Crippen molar-refractivity contribution < 1.29 is 8.42 Å². The zero-order valence-corrected chi connectivity index (χ0v) is 19.7. The van der Waals surface area contributed by atoms with Crippen molar-refractivity contribution in [2.75, 3.05) is 5.73 Å². The topological polar surface area (TPSA) is 117 Å². The largest absolute Gasteiger partial charge is 0.382 e. The molecule has 9 heteroatoms. The molecule has 4 N–H and O–H groups in total. The third-order valence-electron chi connectivity index (χ3n) is 6.07. The van der Waals surface area contributed by atoms with E-state index in [4.69, 9.17) is 15.9 Å². The van der Waals surface area contributed by atoms with Gasteiger partial charge in [-0.25, -0.2) is 23.5 Å². The maximum absolute atomic E-state index is 11.8. The summed E-state index contributed by atoms with van der Waals surface area (Å²) in [5.74, 6) is 1.63. The van der Waals surface area contributed by atoms with Crippen LogP contribution in [0.5, 0.6) is 0 Å². The summed E-state index contributed by atoms with van der Waals surface area (Å²) in [6, 6.07) is 1.87. The van der Waals surface area contributed by atoms with Crippen LogP contribution >= 0.6 is 11.3 Å². The number of imidazole rings is 1. The molecule has 0 saturated heterocycles. The average molecular weight is 462 g/mol. The van der Waals surface area contributed by atoms with Gasteiger partial charge in [-0.2, -0.15) is 0 Å². The molecule has 1 aliphatic rings. The Bertz CT molecular complexity index is 1180. The zero-order chi connectivity index (χ0) is 22.0. The van der Waals surface area contributed by atoms with E-state index in [9.17, 15) is 8.42 Å². The lowest BCUT2D eigenvalue weighted by Crippen LogP contribution is -2.13. The molecule has 0 atom stereocenters. The average Bonchev–Trinajstić information content (AvgIpc) is 3.35. The van der Waals surface area contributed by atoms with Crippen LogP contribution in [0.2, 0.25) is 0 Å². The predicted octanol–water partition coefficient (Wildman–Crippen LogP) is 3.97. The van der Waals surface area contributed by atoms with Crippen molar-refractivity contribution in [3.05, 3.63) is 34.1 Å². The lowest BCUT2D eigenvalue weighted by atomic mass is 9.95. The first-order valence-corrected chi connectivity index (χ1v) is 13.6. The summed E-state index contributed by atoms with van der Waals surface area (Å²) in [5.41, 5.74) is 11.6. The summed E-state index contributed by atoms with van der Waals surface area (Å²) in [6.45, 7) is 3.04. The lowest BCUT2D eigenvalue weighted by Gasteiger charge is -2.18. The Morgan fingerprint density at radius 1 is 1.13 bits per heavy atom. The summed E-state index contributed by atoms with van der Waals surface area (Å²) in [6.07, 6.45) is 10.0. The monoisotopic (exact) mass is 461 g/mol. The molecular formula is C22H31N5O2S2. The number of fused-ring (bicyclic) bond motifs is 3. The van der Waals surface area contributed by atoms with Crippen LogP contribution in [0.15, 0.2) is 15.7 Å². The molecule has 0 saturated carbocycles. The van der Waals surface area contributed by atoms with E-state index >= 15 is 0 Å². The van der Waals surface area contributed by atoms with Crippen LogP contribution in [0.3, 0.4) is 0 Å². The van der Waals surface area contributed by atoms with E-state index in [1.165, 1.54) is 28.8 Å². The van der Waals surface area contributed by atoms with Crippen molar-refractivity contribution in [1.29, 1.82) is 0 Å². The number of thiophene rings is 1. The van der Waals surface area contributed by atoms with Gasteiger partial charge in [0.05, 0.1) is 5.52 Å². The summed E-state index contributed by atoms with van der Waals surface area (Å²) in [4.78, 5) is 9.59. The van der Waals surface area contributed by atoms with Gasteiger partial charge in [0.2, 0.25) is 10.0 Å². The number of hydrogen-bond acceptors (Lipinski definition) is 6. The highest BCUT2D eigenvalue weighted by Crippen LogP contribution is 2.32. The molecule has 0 amide bonds. The standard InChI is InChI=1S/C22H31N5O2S2/c1-2-3-11-18-26-19-20(16-9-4-5-10-17(16)25-21(19)23)27(18)13-7-6-8-15-12-14-30-22(15)31(24,28)29/h12,14H,2-11,13H2,1H3,(H2,23,25)(H2,24,28,29). The summed E-state index contributed by atoms with van der Waals surface area (Å²) in [5, 5.41) is 7.14. The molecule has 0 aliphatic heterocycles. The molecule has 1 aliphatic carbocycles. The molecule has 0 fully saturated rings. The highest BCUT2D eigenvalue weighted by atomic mass is 32.2. The fourth-order valence-electron chi connectivity index (χ4n) is 4.56. The second-order valence-electron chi connectivity index (χ2n) is 8.35. The van der Waals surface area contributed by atoms with E-state index in [2.05, 4.69) is 16.5 Å². The molecule has 0 unspecified atom stereocenters. The number of anilines is 1. The van der Waals surface area contributed by atoms with Crippen LogP contribution in [-0.2, 0) is 42.3 Å². The number of nitrogens with zero attached hydrogens (tertiary/aromatic N) is 3. The van der Waals surface area contributed by atoms with Gasteiger partial charge >= 0.3 is 0 Å². The first kappa shape index (κ1) is 22.2. The van der Waals surface area contributed by atoms with Crippen molar-refractivity contribution in [3.8, 4) is 0 Å². The van der Waals surface area contributed by atoms with Crippen LogP contribution in [0.25, 0.3) is 11.0 Å². The van der Waals surface area contributed by atoms with Crippen molar-refractivity contribution in [2.45, 2.75) is 81.9 Å². The van der Waals surface area contributed by atoms with Crippen LogP contribution < -0.4 is 10.9 Å². The zero-order valence-electron chi connectivity index (χ0n) is 18.1. The number of pyridine rings is 1. The number of aromatic nitrogens is 3. The van der Waals surface area contributed by atoms with E-state index < -0.39 is 10.0 Å². The van der Waals surface area contributed by atoms with Crippen LogP contribution in [0.4, 0.5) is 5.82 Å². The number of unbranched alkanes of at least 4 members (excludes halogenated alkanes) is 2. The number of sulfonamides is 1. The Kier molecular flexibility index (Phi) is 6.64. The Labute approximate surface area is 187 Å². The molecular weight excluding hydrogens is 430 g/mol. The van der Waals surface area contributed by atoms with Gasteiger partial charge in [-0.05, 0) is 73.9 Å². The number of primary sulfonamides is 1. The minimum atomic E-state index is -3.65. The van der Waals surface area contributed by atoms with E-state index in [1.807, 2.05) is 6.07 Å². The molecule has 3 aromatic heterocycles. The third kappa shape index (κ3) is 4.63. The molecule has 0 aromatic carbocycles. The minimum absolute atomic E-state index is 0.289. The van der Waals surface area contributed by atoms with E-state index in [0.29, 0.717) is 12.2 Å². The molecule has 0 radical (unpaired) electrons. The molecule has 3 aromatic rings. The molecule has 3 heterocycles. The number of hydrogen-bond donors (Lipinski definition) is 2. The van der Waals surface area contributed by atoms with Gasteiger partial charge in [-0.15, -0.1) is 11.3 Å². The van der Waals surface area contributed by atoms with Gasteiger partial charge < -0.3 is 10.3 Å². The second kappa shape index (κ2) is 9.26. The van der Waals surface area contributed by atoms with E-state index in [-0.39, 0.29) is 4.21 Å². The van der Waals surface area contributed by atoms with Crippen molar-refractivity contribution in [3.63, 3.8) is 0 Å². The Morgan fingerprint density at radius 2 is 1.94 bits per heavy atom. The predicted molar refractivity (Wildman–Crippen MR) is 126 cm³/mol. The van der Waals surface area contributed by atoms with Gasteiger partial charge in [0, 0.05) is 18.7 Å². The number of nitrogens with two attached hydrogens (primary N) is 2. The highest BCUT2D eigenvalue weighted by molar-refractivity contribution is 7.91.